The maximum absolute atomic E-state index is 13.4. The van der Waals surface area contributed by atoms with Crippen LogP contribution in [0.4, 0.5) is 11.6 Å². The molecular weight excluding hydrogens is 490 g/mol. The first kappa shape index (κ1) is 23.9. The summed E-state index contributed by atoms with van der Waals surface area (Å²) in [5.41, 5.74) is 4.09. The minimum atomic E-state index is -0.438. The normalized spacial score (nSPS) is 15.0. The topological polar surface area (TPSA) is 71.8 Å². The SMILES string of the molecule is CC1=C(C(=O)Nc2ccccc2)C(/C=C/c2ccccc2)n2nc(SCc3ccccc3Cl)nc2N1. The quantitative estimate of drug-likeness (QED) is 0.265. The van der Waals surface area contributed by atoms with Gasteiger partial charge in [-0.15, -0.1) is 5.10 Å². The van der Waals surface area contributed by atoms with Crippen molar-refractivity contribution >= 4 is 47.0 Å². The predicted molar refractivity (Wildman–Crippen MR) is 147 cm³/mol. The molecule has 1 atom stereocenters. The summed E-state index contributed by atoms with van der Waals surface area (Å²) in [6, 6.07) is 26.7. The molecule has 0 saturated heterocycles. The highest BCUT2D eigenvalue weighted by molar-refractivity contribution is 7.98. The molecule has 6 nitrogen and oxygen atoms in total. The third-order valence-electron chi connectivity index (χ3n) is 5.74. The fourth-order valence-electron chi connectivity index (χ4n) is 3.95. The smallest absolute Gasteiger partial charge is 0.255 e. The van der Waals surface area contributed by atoms with Gasteiger partial charge in [0.15, 0.2) is 0 Å². The predicted octanol–water partition coefficient (Wildman–Crippen LogP) is 6.82. The summed E-state index contributed by atoms with van der Waals surface area (Å²) in [5.74, 6) is 1.04. The Morgan fingerprint density at radius 3 is 2.50 bits per heavy atom. The van der Waals surface area contributed by atoms with Gasteiger partial charge < -0.3 is 10.6 Å². The number of thioether (sulfide) groups is 1. The number of hydrogen-bond acceptors (Lipinski definition) is 5. The van der Waals surface area contributed by atoms with Crippen molar-refractivity contribution in [2.45, 2.75) is 23.9 Å². The average molecular weight is 514 g/mol. The Morgan fingerprint density at radius 1 is 1.06 bits per heavy atom. The Hall–Kier alpha value is -3.81. The van der Waals surface area contributed by atoms with E-state index < -0.39 is 6.04 Å². The summed E-state index contributed by atoms with van der Waals surface area (Å²) in [6.45, 7) is 1.89. The molecule has 0 aliphatic carbocycles. The summed E-state index contributed by atoms with van der Waals surface area (Å²) in [6.07, 6.45) is 3.99. The summed E-state index contributed by atoms with van der Waals surface area (Å²) >= 11 is 7.82. The van der Waals surface area contributed by atoms with Gasteiger partial charge in [-0.25, -0.2) is 4.68 Å². The van der Waals surface area contributed by atoms with E-state index >= 15 is 0 Å². The van der Waals surface area contributed by atoms with Gasteiger partial charge in [0.2, 0.25) is 11.1 Å². The number of allylic oxidation sites excluding steroid dienone is 2. The van der Waals surface area contributed by atoms with Gasteiger partial charge in [0, 0.05) is 22.2 Å². The molecule has 1 amide bonds. The lowest BCUT2D eigenvalue weighted by atomic mass is 10.0. The minimum Gasteiger partial charge on any atom is -0.328 e. The van der Waals surface area contributed by atoms with Crippen LogP contribution in [0.25, 0.3) is 6.08 Å². The highest BCUT2D eigenvalue weighted by Crippen LogP contribution is 2.34. The van der Waals surface area contributed by atoms with Gasteiger partial charge in [-0.3, -0.25) is 4.79 Å². The number of hydrogen-bond donors (Lipinski definition) is 2. The summed E-state index contributed by atoms with van der Waals surface area (Å²) in [4.78, 5) is 18.1. The van der Waals surface area contributed by atoms with Gasteiger partial charge in [-0.1, -0.05) is 102 Å². The molecule has 1 aliphatic heterocycles. The highest BCUT2D eigenvalue weighted by atomic mass is 35.5. The standard InChI is InChI=1S/C28H24ClN5OS/c1-19-25(26(35)31-22-13-6-3-7-14-22)24(17-16-20-10-4-2-5-11-20)34-27(30-19)32-28(33-34)36-18-21-12-8-9-15-23(21)29/h2-17,24H,18H2,1H3,(H,31,35)(H,30,32,33)/b17-16+. The van der Waals surface area contributed by atoms with Crippen LogP contribution >= 0.6 is 23.4 Å². The second-order valence-corrected chi connectivity index (χ2v) is 9.59. The fraction of sp³-hybridized carbons (Fsp3) is 0.107. The molecule has 36 heavy (non-hydrogen) atoms. The zero-order valence-corrected chi connectivity index (χ0v) is 21.1. The molecule has 3 aromatic carbocycles. The number of fused-ring (bicyclic) bond motifs is 1. The van der Waals surface area contributed by atoms with E-state index in [1.54, 1.807) is 4.68 Å². The van der Waals surface area contributed by atoms with Crippen molar-refractivity contribution < 1.29 is 4.79 Å². The van der Waals surface area contributed by atoms with E-state index in [0.717, 1.165) is 22.5 Å². The summed E-state index contributed by atoms with van der Waals surface area (Å²) < 4.78 is 1.77. The number of nitrogens with one attached hydrogen (secondary N) is 2. The van der Waals surface area contributed by atoms with Gasteiger partial charge in [0.25, 0.3) is 5.91 Å². The molecule has 0 saturated carbocycles. The van der Waals surface area contributed by atoms with Gasteiger partial charge in [-0.05, 0) is 36.2 Å². The third kappa shape index (κ3) is 5.37. The Labute approximate surface area is 219 Å². The van der Waals surface area contributed by atoms with E-state index in [1.165, 1.54) is 11.8 Å². The van der Waals surface area contributed by atoms with Crippen LogP contribution in [0.15, 0.2) is 107 Å². The molecule has 1 unspecified atom stereocenters. The number of amides is 1. The highest BCUT2D eigenvalue weighted by Gasteiger charge is 2.31. The molecule has 4 aromatic rings. The van der Waals surface area contributed by atoms with Crippen LogP contribution in [0.2, 0.25) is 5.02 Å². The lowest BCUT2D eigenvalue weighted by Crippen LogP contribution is -2.30. The molecule has 0 radical (unpaired) electrons. The fourth-order valence-corrected chi connectivity index (χ4v) is 5.06. The number of halogens is 1. The van der Waals surface area contributed by atoms with Crippen LogP contribution in [0, 0.1) is 0 Å². The Bertz CT molecular complexity index is 1430. The van der Waals surface area contributed by atoms with Crippen LogP contribution in [0.1, 0.15) is 24.1 Å². The molecule has 2 N–H and O–H groups in total. The van der Waals surface area contributed by atoms with Crippen molar-refractivity contribution in [1.29, 1.82) is 0 Å². The number of para-hydroxylation sites is 1. The maximum Gasteiger partial charge on any atom is 0.255 e. The molecule has 2 heterocycles. The first-order chi connectivity index (χ1) is 17.6. The van der Waals surface area contributed by atoms with Crippen LogP contribution in [0.3, 0.4) is 0 Å². The van der Waals surface area contributed by atoms with E-state index in [4.69, 9.17) is 16.7 Å². The van der Waals surface area contributed by atoms with Gasteiger partial charge in [-0.2, -0.15) is 4.98 Å². The van der Waals surface area contributed by atoms with Gasteiger partial charge in [0.1, 0.15) is 6.04 Å². The Balaban J connectivity index is 1.46. The maximum atomic E-state index is 13.4. The molecule has 0 spiro atoms. The number of aromatic nitrogens is 3. The second-order valence-electron chi connectivity index (χ2n) is 8.24. The number of nitrogens with zero attached hydrogens (tertiary/aromatic N) is 3. The summed E-state index contributed by atoms with van der Waals surface area (Å²) in [7, 11) is 0. The van der Waals surface area contributed by atoms with Crippen molar-refractivity contribution in [1.82, 2.24) is 14.8 Å². The van der Waals surface area contributed by atoms with Crippen LogP contribution in [-0.2, 0) is 10.5 Å². The van der Waals surface area contributed by atoms with Gasteiger partial charge in [0.05, 0.1) is 5.57 Å². The Kier molecular flexibility index (Phi) is 7.21. The number of rotatable bonds is 7. The lowest BCUT2D eigenvalue weighted by molar-refractivity contribution is -0.113. The van der Waals surface area contributed by atoms with E-state index in [2.05, 4.69) is 15.6 Å². The first-order valence-electron chi connectivity index (χ1n) is 11.5. The van der Waals surface area contributed by atoms with Crippen LogP contribution in [0.5, 0.6) is 0 Å². The van der Waals surface area contributed by atoms with Crippen molar-refractivity contribution in [3.05, 3.63) is 118 Å². The van der Waals surface area contributed by atoms with Crippen molar-refractivity contribution in [3.63, 3.8) is 0 Å². The molecular formula is C28H24ClN5OS. The second kappa shape index (κ2) is 10.8. The van der Waals surface area contributed by atoms with Gasteiger partial charge >= 0.3 is 0 Å². The average Bonchev–Trinajstić information content (AvgIpc) is 3.30. The number of anilines is 2. The largest absolute Gasteiger partial charge is 0.328 e. The molecule has 8 heteroatoms. The zero-order valence-electron chi connectivity index (χ0n) is 19.6. The Morgan fingerprint density at radius 2 is 1.75 bits per heavy atom. The number of carbonyl (C=O) groups is 1. The van der Waals surface area contributed by atoms with E-state index in [1.807, 2.05) is 104 Å². The van der Waals surface area contributed by atoms with Crippen molar-refractivity contribution in [3.8, 4) is 0 Å². The first-order valence-corrected chi connectivity index (χ1v) is 12.8. The monoisotopic (exact) mass is 513 g/mol. The molecule has 1 aromatic heterocycles. The third-order valence-corrected chi connectivity index (χ3v) is 6.99. The van der Waals surface area contributed by atoms with Crippen LogP contribution < -0.4 is 10.6 Å². The molecule has 5 rings (SSSR count). The van der Waals surface area contributed by atoms with E-state index in [9.17, 15) is 4.79 Å². The number of benzene rings is 3. The molecule has 180 valence electrons. The molecule has 1 aliphatic rings. The molecule has 0 bridgehead atoms. The minimum absolute atomic E-state index is 0.194. The van der Waals surface area contributed by atoms with Crippen LogP contribution in [-0.4, -0.2) is 20.7 Å². The van der Waals surface area contributed by atoms with Crippen molar-refractivity contribution in [2.24, 2.45) is 0 Å². The summed E-state index contributed by atoms with van der Waals surface area (Å²) in [5, 5.41) is 12.4. The molecule has 0 fully saturated rings. The number of carbonyl (C=O) groups excluding carboxylic acids is 1. The zero-order chi connectivity index (χ0) is 24.9. The van der Waals surface area contributed by atoms with E-state index in [-0.39, 0.29) is 5.91 Å². The van der Waals surface area contributed by atoms with Crippen molar-refractivity contribution in [2.75, 3.05) is 10.6 Å². The lowest BCUT2D eigenvalue weighted by Gasteiger charge is -2.26. The van der Waals surface area contributed by atoms with E-state index in [0.29, 0.717) is 27.5 Å².